The lowest BCUT2D eigenvalue weighted by atomic mass is 10.1. The number of amides is 1. The van der Waals surface area contributed by atoms with Crippen molar-refractivity contribution in [2.24, 2.45) is 0 Å². The monoisotopic (exact) mass is 387 g/mol. The number of benzene rings is 2. The third-order valence-corrected chi connectivity index (χ3v) is 3.87. The third kappa shape index (κ3) is 6.37. The second kappa shape index (κ2) is 9.35. The average Bonchev–Trinajstić information content (AvgIpc) is 2.63. The van der Waals surface area contributed by atoms with Crippen LogP contribution in [0.1, 0.15) is 43.1 Å². The van der Waals surface area contributed by atoms with Crippen LogP contribution in [-0.4, -0.2) is 36.0 Å². The zero-order chi connectivity index (χ0) is 20.7. The van der Waals surface area contributed by atoms with E-state index in [0.29, 0.717) is 0 Å². The summed E-state index contributed by atoms with van der Waals surface area (Å²) in [5.41, 5.74) is 0.185. The number of rotatable bonds is 7. The first-order valence-corrected chi connectivity index (χ1v) is 9.10. The molecule has 0 aliphatic rings. The summed E-state index contributed by atoms with van der Waals surface area (Å²) in [6.07, 6.45) is -0.576. The highest BCUT2D eigenvalue weighted by Gasteiger charge is 2.22. The minimum atomic E-state index is -0.643. The lowest BCUT2D eigenvalue weighted by Gasteiger charge is -2.24. The van der Waals surface area contributed by atoms with E-state index in [1.807, 2.05) is 30.3 Å². The normalized spacial score (nSPS) is 11.0. The molecule has 0 spiro atoms. The number of hydrogen-bond donors (Lipinski definition) is 0. The van der Waals surface area contributed by atoms with Crippen molar-refractivity contribution in [3.05, 3.63) is 65.5 Å². The van der Waals surface area contributed by atoms with Crippen LogP contribution in [0.2, 0.25) is 0 Å². The topological polar surface area (TPSA) is 55.8 Å². The summed E-state index contributed by atoms with van der Waals surface area (Å²) in [4.78, 5) is 25.9. The Morgan fingerprint density at radius 1 is 1.04 bits per heavy atom. The molecule has 2 aromatic carbocycles. The van der Waals surface area contributed by atoms with Gasteiger partial charge in [-0.1, -0.05) is 36.4 Å². The summed E-state index contributed by atoms with van der Waals surface area (Å²) in [5.74, 6) is -0.888. The lowest BCUT2D eigenvalue weighted by Crippen LogP contribution is -2.35. The maximum Gasteiger partial charge on any atom is 0.410 e. The molecule has 0 saturated carbocycles. The highest BCUT2D eigenvalue weighted by molar-refractivity contribution is 5.99. The lowest BCUT2D eigenvalue weighted by molar-refractivity contribution is 0.0298. The van der Waals surface area contributed by atoms with Gasteiger partial charge in [0.1, 0.15) is 23.8 Å². The second-order valence-corrected chi connectivity index (χ2v) is 7.46. The molecule has 2 aromatic rings. The molecule has 28 heavy (non-hydrogen) atoms. The second-order valence-electron chi connectivity index (χ2n) is 7.46. The van der Waals surface area contributed by atoms with Gasteiger partial charge in [0.2, 0.25) is 0 Å². The van der Waals surface area contributed by atoms with E-state index in [9.17, 15) is 14.0 Å². The molecule has 0 aliphatic heterocycles. The van der Waals surface area contributed by atoms with E-state index in [2.05, 4.69) is 0 Å². The van der Waals surface area contributed by atoms with Crippen molar-refractivity contribution in [1.29, 1.82) is 0 Å². The van der Waals surface area contributed by atoms with E-state index in [1.54, 1.807) is 26.8 Å². The first-order chi connectivity index (χ1) is 13.2. The molecule has 0 aliphatic carbocycles. The zero-order valence-electron chi connectivity index (χ0n) is 16.7. The molecular weight excluding hydrogens is 361 g/mol. The Morgan fingerprint density at radius 2 is 1.71 bits per heavy atom. The summed E-state index contributed by atoms with van der Waals surface area (Å²) in [7, 11) is 1.54. The van der Waals surface area contributed by atoms with Gasteiger partial charge < -0.3 is 14.4 Å². The smallest absolute Gasteiger partial charge is 0.410 e. The molecular formula is C22H26FNO4. The first-order valence-electron chi connectivity index (χ1n) is 9.10. The summed E-state index contributed by atoms with van der Waals surface area (Å²) < 4.78 is 25.3. The predicted molar refractivity (Wildman–Crippen MR) is 105 cm³/mol. The van der Waals surface area contributed by atoms with Crippen LogP contribution in [0, 0.1) is 5.82 Å². The van der Waals surface area contributed by atoms with Crippen LogP contribution in [-0.2, 0) is 11.3 Å². The van der Waals surface area contributed by atoms with Crippen LogP contribution in [0.4, 0.5) is 9.18 Å². The molecule has 0 bridgehead atoms. The molecule has 0 fully saturated rings. The molecule has 0 unspecified atom stereocenters. The molecule has 0 atom stereocenters. The van der Waals surface area contributed by atoms with Gasteiger partial charge in [0.05, 0.1) is 5.56 Å². The molecule has 0 saturated heterocycles. The molecule has 5 nitrogen and oxygen atoms in total. The Kier molecular flexibility index (Phi) is 7.15. The Bertz CT molecular complexity index is 815. The van der Waals surface area contributed by atoms with Crippen molar-refractivity contribution >= 4 is 11.9 Å². The van der Waals surface area contributed by atoms with Gasteiger partial charge >= 0.3 is 6.09 Å². The molecule has 0 heterocycles. The van der Waals surface area contributed by atoms with E-state index in [-0.39, 0.29) is 30.9 Å². The van der Waals surface area contributed by atoms with Crippen LogP contribution < -0.4 is 4.74 Å². The van der Waals surface area contributed by atoms with Crippen molar-refractivity contribution in [2.75, 3.05) is 13.6 Å². The summed E-state index contributed by atoms with van der Waals surface area (Å²) in [6, 6.07) is 13.7. The summed E-state index contributed by atoms with van der Waals surface area (Å²) in [6.45, 7) is 5.63. The van der Waals surface area contributed by atoms with Gasteiger partial charge in [-0.05, 0) is 38.5 Å². The molecule has 6 heteroatoms. The molecule has 150 valence electrons. The Labute approximate surface area is 165 Å². The fourth-order valence-electron chi connectivity index (χ4n) is 2.46. The highest BCUT2D eigenvalue weighted by atomic mass is 19.1. The third-order valence-electron chi connectivity index (χ3n) is 3.87. The van der Waals surface area contributed by atoms with E-state index >= 15 is 0 Å². The number of Topliss-reactive ketones (excluding diaryl/α,β-unsaturated/α-hetero) is 1. The van der Waals surface area contributed by atoms with Gasteiger partial charge in [-0.25, -0.2) is 9.18 Å². The standard InChI is InChI=1S/C22H26FNO4/c1-22(2,3)28-21(26)24(4)14-13-18(25)20-17(23)11-8-12-19(20)27-15-16-9-6-5-7-10-16/h5-12H,13-15H2,1-4H3. The SMILES string of the molecule is CN(CCC(=O)c1c(F)cccc1OCc1ccccc1)C(=O)OC(C)(C)C. The maximum atomic E-state index is 14.3. The van der Waals surface area contributed by atoms with Crippen molar-refractivity contribution < 1.29 is 23.5 Å². The summed E-state index contributed by atoms with van der Waals surface area (Å²) >= 11 is 0. The van der Waals surface area contributed by atoms with Gasteiger partial charge in [0.15, 0.2) is 5.78 Å². The number of nitrogens with zero attached hydrogens (tertiary/aromatic N) is 1. The number of carbonyl (C=O) groups excluding carboxylic acids is 2. The zero-order valence-corrected chi connectivity index (χ0v) is 16.7. The van der Waals surface area contributed by atoms with Crippen molar-refractivity contribution in [3.8, 4) is 5.75 Å². The number of halogens is 1. The molecule has 0 aromatic heterocycles. The minimum absolute atomic E-state index is 0.0433. The Morgan fingerprint density at radius 3 is 2.36 bits per heavy atom. The van der Waals surface area contributed by atoms with Crippen LogP contribution in [0.15, 0.2) is 48.5 Å². The quantitative estimate of drug-likeness (QED) is 0.638. The Hall–Kier alpha value is -2.89. The van der Waals surface area contributed by atoms with Gasteiger partial charge in [0, 0.05) is 20.0 Å². The average molecular weight is 387 g/mol. The molecule has 0 N–H and O–H groups in total. The number of ether oxygens (including phenoxy) is 2. The van der Waals surface area contributed by atoms with Crippen LogP contribution >= 0.6 is 0 Å². The maximum absolute atomic E-state index is 14.3. The first kappa shape index (κ1) is 21.4. The molecule has 2 rings (SSSR count). The number of carbonyl (C=O) groups is 2. The van der Waals surface area contributed by atoms with Gasteiger partial charge in [0.25, 0.3) is 0 Å². The van der Waals surface area contributed by atoms with Gasteiger partial charge in [-0.2, -0.15) is 0 Å². The fraction of sp³-hybridized carbons (Fsp3) is 0.364. The predicted octanol–water partition coefficient (Wildman–Crippen LogP) is 4.84. The van der Waals surface area contributed by atoms with Crippen LogP contribution in [0.5, 0.6) is 5.75 Å². The Balaban J connectivity index is 2.03. The van der Waals surface area contributed by atoms with E-state index < -0.39 is 23.3 Å². The summed E-state index contributed by atoms with van der Waals surface area (Å²) in [5, 5.41) is 0. The van der Waals surface area contributed by atoms with E-state index in [0.717, 1.165) is 5.56 Å². The van der Waals surface area contributed by atoms with Crippen molar-refractivity contribution in [1.82, 2.24) is 4.90 Å². The van der Waals surface area contributed by atoms with Gasteiger partial charge in [-0.15, -0.1) is 0 Å². The van der Waals surface area contributed by atoms with Gasteiger partial charge in [-0.3, -0.25) is 4.79 Å². The number of hydrogen-bond acceptors (Lipinski definition) is 4. The minimum Gasteiger partial charge on any atom is -0.488 e. The highest BCUT2D eigenvalue weighted by Crippen LogP contribution is 2.24. The molecule has 1 amide bonds. The number of ketones is 1. The van der Waals surface area contributed by atoms with Crippen molar-refractivity contribution in [2.45, 2.75) is 39.4 Å². The van der Waals surface area contributed by atoms with Crippen LogP contribution in [0.25, 0.3) is 0 Å². The molecule has 0 radical (unpaired) electrons. The van der Waals surface area contributed by atoms with Crippen LogP contribution in [0.3, 0.4) is 0 Å². The van der Waals surface area contributed by atoms with Crippen molar-refractivity contribution in [3.63, 3.8) is 0 Å². The largest absolute Gasteiger partial charge is 0.488 e. The fourth-order valence-corrected chi connectivity index (χ4v) is 2.46. The van der Waals surface area contributed by atoms with E-state index in [1.165, 1.54) is 24.1 Å². The van der Waals surface area contributed by atoms with E-state index in [4.69, 9.17) is 9.47 Å².